The number of carbonyl (C=O) groups excluding carboxylic acids is 2. The van der Waals surface area contributed by atoms with Gasteiger partial charge in [0.1, 0.15) is 12.1 Å². The van der Waals surface area contributed by atoms with Crippen molar-refractivity contribution in [3.8, 4) is 0 Å². The fraction of sp³-hybridized carbons (Fsp3) is 0.222. The van der Waals surface area contributed by atoms with Gasteiger partial charge in [0.2, 0.25) is 0 Å². The molecule has 1 N–H and O–H groups in total. The number of esters is 1. The zero-order valence-electron chi connectivity index (χ0n) is 13.8. The molecule has 0 aliphatic heterocycles. The van der Waals surface area contributed by atoms with E-state index in [1.165, 1.54) is 31.2 Å². The second-order valence-electron chi connectivity index (χ2n) is 5.38. The van der Waals surface area contributed by atoms with Crippen molar-refractivity contribution in [2.24, 2.45) is 0 Å². The molecule has 7 heteroatoms. The number of rotatable bonds is 7. The van der Waals surface area contributed by atoms with Gasteiger partial charge in [-0.25, -0.2) is 0 Å². The number of carbonyl (C=O) groups is 2. The molecule has 0 spiro atoms. The number of hydrogen-bond acceptors (Lipinski definition) is 6. The number of non-ortho nitro benzene ring substituents is 1. The van der Waals surface area contributed by atoms with E-state index in [0.29, 0.717) is 11.1 Å². The molecule has 0 saturated carbocycles. The molecule has 0 bridgehead atoms. The summed E-state index contributed by atoms with van der Waals surface area (Å²) in [4.78, 5) is 34.6. The number of nitro groups is 1. The maximum atomic E-state index is 12.8. The highest BCUT2D eigenvalue weighted by atomic mass is 16.6. The maximum Gasteiger partial charge on any atom is 0.303 e. The molecule has 0 amide bonds. The highest BCUT2D eigenvalue weighted by Crippen LogP contribution is 2.26. The third-order valence-electron chi connectivity index (χ3n) is 3.68. The first-order valence-corrected chi connectivity index (χ1v) is 7.62. The van der Waals surface area contributed by atoms with Crippen LogP contribution < -0.4 is 5.32 Å². The van der Waals surface area contributed by atoms with E-state index in [1.807, 2.05) is 0 Å². The van der Waals surface area contributed by atoms with Gasteiger partial charge in [0.15, 0.2) is 5.78 Å². The standard InChI is InChI=1S/C18H18N2O5/c1-12(21)25-18(14-8-10-15(11-9-14)20(23)24)16(19-2)17(22)13-6-4-3-5-7-13/h3-11,16,18-19H,1-2H3/t16-,18-/m1/s1. The van der Waals surface area contributed by atoms with E-state index < -0.39 is 23.0 Å². The Kier molecular flexibility index (Phi) is 5.97. The maximum absolute atomic E-state index is 12.8. The van der Waals surface area contributed by atoms with Crippen molar-refractivity contribution in [2.75, 3.05) is 7.05 Å². The molecule has 0 aromatic heterocycles. The molecule has 2 atom stereocenters. The number of nitrogens with one attached hydrogen (secondary N) is 1. The number of hydrogen-bond donors (Lipinski definition) is 1. The van der Waals surface area contributed by atoms with E-state index in [4.69, 9.17) is 4.74 Å². The fourth-order valence-electron chi connectivity index (χ4n) is 2.49. The minimum atomic E-state index is -0.906. The lowest BCUT2D eigenvalue weighted by Crippen LogP contribution is -2.41. The minimum absolute atomic E-state index is 0.0827. The lowest BCUT2D eigenvalue weighted by atomic mass is 9.94. The van der Waals surface area contributed by atoms with Crippen LogP contribution in [0.1, 0.15) is 28.9 Å². The Morgan fingerprint density at radius 3 is 2.16 bits per heavy atom. The molecule has 130 valence electrons. The molecule has 25 heavy (non-hydrogen) atoms. The third kappa shape index (κ3) is 4.48. The number of likely N-dealkylation sites (N-methyl/N-ethyl adjacent to an activating group) is 1. The summed E-state index contributed by atoms with van der Waals surface area (Å²) in [5.41, 5.74) is 0.881. The van der Waals surface area contributed by atoms with Gasteiger partial charge in [0.05, 0.1) is 4.92 Å². The average molecular weight is 342 g/mol. The molecule has 0 fully saturated rings. The molecule has 2 aromatic rings. The summed E-state index contributed by atoms with van der Waals surface area (Å²) in [5.74, 6) is -0.794. The van der Waals surface area contributed by atoms with Gasteiger partial charge in [-0.1, -0.05) is 30.3 Å². The molecule has 0 unspecified atom stereocenters. The third-order valence-corrected chi connectivity index (χ3v) is 3.68. The van der Waals surface area contributed by atoms with Gasteiger partial charge in [-0.3, -0.25) is 19.7 Å². The number of benzene rings is 2. The topological polar surface area (TPSA) is 98.5 Å². The van der Waals surface area contributed by atoms with Crippen molar-refractivity contribution in [3.05, 3.63) is 75.8 Å². The summed E-state index contributed by atoms with van der Waals surface area (Å²) >= 11 is 0. The van der Waals surface area contributed by atoms with Gasteiger partial charge in [-0.05, 0) is 24.7 Å². The monoisotopic (exact) mass is 342 g/mol. The molecule has 7 nitrogen and oxygen atoms in total. The van der Waals surface area contributed by atoms with Crippen molar-refractivity contribution in [1.29, 1.82) is 0 Å². The predicted molar refractivity (Wildman–Crippen MR) is 91.2 cm³/mol. The number of ether oxygens (including phenoxy) is 1. The normalized spacial score (nSPS) is 12.9. The lowest BCUT2D eigenvalue weighted by Gasteiger charge is -2.26. The first-order valence-electron chi connectivity index (χ1n) is 7.62. The van der Waals surface area contributed by atoms with Crippen molar-refractivity contribution in [2.45, 2.75) is 19.1 Å². The summed E-state index contributed by atoms with van der Waals surface area (Å²) in [7, 11) is 1.59. The second kappa shape index (κ2) is 8.16. The summed E-state index contributed by atoms with van der Waals surface area (Å²) in [5, 5.41) is 13.7. The van der Waals surface area contributed by atoms with E-state index in [1.54, 1.807) is 37.4 Å². The van der Waals surface area contributed by atoms with Crippen LogP contribution in [-0.2, 0) is 9.53 Å². The van der Waals surface area contributed by atoms with Crippen molar-refractivity contribution < 1.29 is 19.2 Å². The smallest absolute Gasteiger partial charge is 0.303 e. The molecule has 2 rings (SSSR count). The summed E-state index contributed by atoms with van der Waals surface area (Å²) < 4.78 is 5.34. The van der Waals surface area contributed by atoms with Gasteiger partial charge in [0.25, 0.3) is 5.69 Å². The first kappa shape index (κ1) is 18.3. The Hall–Kier alpha value is -3.06. The molecular weight excluding hydrogens is 324 g/mol. The Labute approximate surface area is 144 Å². The van der Waals surface area contributed by atoms with Crippen LogP contribution >= 0.6 is 0 Å². The van der Waals surface area contributed by atoms with E-state index in [0.717, 1.165) is 0 Å². The molecule has 0 aliphatic carbocycles. The van der Waals surface area contributed by atoms with Crippen LogP contribution in [-0.4, -0.2) is 29.8 Å². The Morgan fingerprint density at radius 2 is 1.68 bits per heavy atom. The minimum Gasteiger partial charge on any atom is -0.455 e. The predicted octanol–water partition coefficient (Wildman–Crippen LogP) is 2.67. The summed E-state index contributed by atoms with van der Waals surface area (Å²) in [6, 6.07) is 13.4. The first-order chi connectivity index (χ1) is 11.9. The van der Waals surface area contributed by atoms with Crippen molar-refractivity contribution in [3.63, 3.8) is 0 Å². The van der Waals surface area contributed by atoms with Crippen LogP contribution in [0.5, 0.6) is 0 Å². The van der Waals surface area contributed by atoms with Crippen LogP contribution in [0.15, 0.2) is 54.6 Å². The van der Waals surface area contributed by atoms with Crippen molar-refractivity contribution in [1.82, 2.24) is 5.32 Å². The van der Waals surface area contributed by atoms with Crippen molar-refractivity contribution >= 4 is 17.4 Å². The van der Waals surface area contributed by atoms with E-state index >= 15 is 0 Å². The van der Waals surface area contributed by atoms with Crippen LogP contribution in [0.25, 0.3) is 0 Å². The highest BCUT2D eigenvalue weighted by molar-refractivity contribution is 6.00. The molecular formula is C18H18N2O5. The lowest BCUT2D eigenvalue weighted by molar-refractivity contribution is -0.384. The van der Waals surface area contributed by atoms with Gasteiger partial charge in [0, 0.05) is 24.6 Å². The Balaban J connectivity index is 2.38. The zero-order chi connectivity index (χ0) is 18.4. The molecule has 0 heterocycles. The van der Waals surface area contributed by atoms with Gasteiger partial charge in [-0.15, -0.1) is 0 Å². The van der Waals surface area contributed by atoms with Crippen LogP contribution in [0.4, 0.5) is 5.69 Å². The Bertz CT molecular complexity index is 759. The number of nitrogens with zero attached hydrogens (tertiary/aromatic N) is 1. The Morgan fingerprint density at radius 1 is 1.08 bits per heavy atom. The molecule has 0 aliphatic rings. The highest BCUT2D eigenvalue weighted by Gasteiger charge is 2.31. The second-order valence-corrected chi connectivity index (χ2v) is 5.38. The quantitative estimate of drug-likeness (QED) is 0.359. The van der Waals surface area contributed by atoms with Crippen LogP contribution in [0, 0.1) is 10.1 Å². The fourth-order valence-corrected chi connectivity index (χ4v) is 2.49. The molecule has 2 aromatic carbocycles. The van der Waals surface area contributed by atoms with Crippen LogP contribution in [0.2, 0.25) is 0 Å². The van der Waals surface area contributed by atoms with Gasteiger partial charge in [-0.2, -0.15) is 0 Å². The SMILES string of the molecule is CN[C@H](C(=O)c1ccccc1)[C@H](OC(C)=O)c1ccc([N+](=O)[O-])cc1. The van der Waals surface area contributed by atoms with E-state index in [2.05, 4.69) is 5.32 Å². The van der Waals surface area contributed by atoms with E-state index in [9.17, 15) is 19.7 Å². The average Bonchev–Trinajstić information content (AvgIpc) is 2.62. The molecule has 0 radical (unpaired) electrons. The summed E-state index contributed by atoms with van der Waals surface area (Å²) in [6.07, 6.45) is -0.906. The number of Topliss-reactive ketones (excluding diaryl/α,β-unsaturated/α-hetero) is 1. The number of nitro benzene ring substituents is 1. The van der Waals surface area contributed by atoms with E-state index in [-0.39, 0.29) is 11.5 Å². The van der Waals surface area contributed by atoms with Crippen LogP contribution in [0.3, 0.4) is 0 Å². The molecule has 0 saturated heterocycles. The summed E-state index contributed by atoms with van der Waals surface area (Å²) in [6.45, 7) is 1.25. The zero-order valence-corrected chi connectivity index (χ0v) is 13.8. The number of ketones is 1. The van der Waals surface area contributed by atoms with Gasteiger partial charge >= 0.3 is 5.97 Å². The van der Waals surface area contributed by atoms with Gasteiger partial charge < -0.3 is 10.1 Å². The largest absolute Gasteiger partial charge is 0.455 e.